The predicted octanol–water partition coefficient (Wildman–Crippen LogP) is 8.75. The lowest BCUT2D eigenvalue weighted by atomic mass is 10.2. The second-order valence-electron chi connectivity index (χ2n) is 14.7. The van der Waals surface area contributed by atoms with Crippen molar-refractivity contribution in [3.05, 3.63) is 88.8 Å². The highest BCUT2D eigenvalue weighted by molar-refractivity contribution is 6.74. The third kappa shape index (κ3) is 9.87. The molecule has 0 saturated carbocycles. The van der Waals surface area contributed by atoms with Gasteiger partial charge in [0.15, 0.2) is 16.6 Å². The van der Waals surface area contributed by atoms with E-state index < -0.39 is 40.8 Å². The van der Waals surface area contributed by atoms with Crippen molar-refractivity contribution in [1.29, 1.82) is 0 Å². The van der Waals surface area contributed by atoms with Gasteiger partial charge in [0, 0.05) is 0 Å². The quantitative estimate of drug-likeness (QED) is 0.138. The van der Waals surface area contributed by atoms with Crippen molar-refractivity contribution in [3.63, 3.8) is 0 Å². The minimum absolute atomic E-state index is 0.00531. The van der Waals surface area contributed by atoms with E-state index >= 15 is 0 Å². The van der Waals surface area contributed by atoms with Gasteiger partial charge in [0.25, 0.3) is 0 Å². The molecule has 3 aromatic heterocycles. The third-order valence-electron chi connectivity index (χ3n) is 9.00. The number of pyridine rings is 3. The molecular weight excluding hydrogens is 615 g/mol. The molecular formula is C35H51N3O6Si2. The standard InChI is InChI=1S/C35H51N3O6Si2/c1-24(28-18-13-16-26(36-28)22-41-45(9,10)34(3,4)5)43-32(39)30-20-15-21-31(38-30)33(40)44-25(2)29-19-14-17-27(37-29)23-42-46(11,12)35(6,7)8/h13-21,24-25H,22-23H2,1-12H3. The van der Waals surface area contributed by atoms with Crippen molar-refractivity contribution in [2.75, 3.05) is 0 Å². The molecule has 3 aromatic rings. The van der Waals surface area contributed by atoms with Crippen LogP contribution >= 0.6 is 0 Å². The van der Waals surface area contributed by atoms with Crippen molar-refractivity contribution >= 4 is 28.6 Å². The van der Waals surface area contributed by atoms with Crippen LogP contribution in [0.15, 0.2) is 54.6 Å². The fourth-order valence-electron chi connectivity index (χ4n) is 3.78. The average molecular weight is 666 g/mol. The second-order valence-corrected chi connectivity index (χ2v) is 24.3. The summed E-state index contributed by atoms with van der Waals surface area (Å²) in [7, 11) is -3.89. The van der Waals surface area contributed by atoms with Gasteiger partial charge < -0.3 is 18.3 Å². The maximum absolute atomic E-state index is 13.0. The highest BCUT2D eigenvalue weighted by Crippen LogP contribution is 2.38. The normalized spacial score (nSPS) is 14.0. The van der Waals surface area contributed by atoms with E-state index in [9.17, 15) is 9.59 Å². The largest absolute Gasteiger partial charge is 0.451 e. The number of carbonyl (C=O) groups is 2. The van der Waals surface area contributed by atoms with Gasteiger partial charge in [0.2, 0.25) is 0 Å². The number of aromatic nitrogens is 3. The Morgan fingerprint density at radius 1 is 0.609 bits per heavy atom. The first-order valence-corrected chi connectivity index (χ1v) is 21.6. The van der Waals surface area contributed by atoms with Crippen LogP contribution in [-0.2, 0) is 31.5 Å². The van der Waals surface area contributed by atoms with E-state index in [1.807, 2.05) is 24.3 Å². The summed E-state index contributed by atoms with van der Waals surface area (Å²) in [5.74, 6) is -1.34. The third-order valence-corrected chi connectivity index (χ3v) is 18.0. The molecule has 0 saturated heterocycles. The fourth-order valence-corrected chi connectivity index (χ4v) is 5.66. The monoisotopic (exact) mass is 665 g/mol. The Kier molecular flexibility index (Phi) is 11.9. The van der Waals surface area contributed by atoms with Crippen LogP contribution < -0.4 is 0 Å². The van der Waals surface area contributed by atoms with E-state index in [0.717, 1.165) is 11.4 Å². The molecule has 3 heterocycles. The molecule has 0 amide bonds. The SMILES string of the molecule is CC(OC(=O)c1cccc(C(=O)OC(C)c2cccc(CO[Si](C)(C)C(C)(C)C)n2)n1)c1cccc(CO[Si](C)(C)C(C)(C)C)n1. The molecule has 3 rings (SSSR count). The Morgan fingerprint density at radius 2 is 0.957 bits per heavy atom. The minimum atomic E-state index is -1.94. The van der Waals surface area contributed by atoms with Gasteiger partial charge in [-0.2, -0.15) is 0 Å². The Bertz CT molecular complexity index is 1410. The molecule has 0 aromatic carbocycles. The molecule has 9 nitrogen and oxygen atoms in total. The predicted molar refractivity (Wildman–Crippen MR) is 184 cm³/mol. The van der Waals surface area contributed by atoms with Crippen molar-refractivity contribution in [2.24, 2.45) is 0 Å². The molecule has 0 N–H and O–H groups in total. The topological polar surface area (TPSA) is 110 Å². The summed E-state index contributed by atoms with van der Waals surface area (Å²) in [5.41, 5.74) is 2.72. The summed E-state index contributed by atoms with van der Waals surface area (Å²) in [6, 6.07) is 15.7. The van der Waals surface area contributed by atoms with Crippen LogP contribution in [0.5, 0.6) is 0 Å². The molecule has 0 aliphatic rings. The molecule has 0 bridgehead atoms. The number of hydrogen-bond donors (Lipinski definition) is 0. The van der Waals surface area contributed by atoms with Gasteiger partial charge >= 0.3 is 11.9 Å². The van der Waals surface area contributed by atoms with Crippen LogP contribution in [0.2, 0.25) is 36.3 Å². The molecule has 0 spiro atoms. The molecule has 0 aliphatic heterocycles. The van der Waals surface area contributed by atoms with Gasteiger partial charge in [0.05, 0.1) is 36.0 Å². The van der Waals surface area contributed by atoms with E-state index in [1.54, 1.807) is 32.0 Å². The number of ether oxygens (including phenoxy) is 2. The lowest BCUT2D eigenvalue weighted by molar-refractivity contribution is 0.0313. The second kappa shape index (κ2) is 14.7. The Balaban J connectivity index is 1.62. The van der Waals surface area contributed by atoms with Crippen LogP contribution in [0.1, 0.15) is 111 Å². The van der Waals surface area contributed by atoms with E-state index in [-0.39, 0.29) is 21.5 Å². The van der Waals surface area contributed by atoms with Gasteiger partial charge in [0.1, 0.15) is 23.6 Å². The summed E-state index contributed by atoms with van der Waals surface area (Å²) >= 11 is 0. The van der Waals surface area contributed by atoms with Gasteiger partial charge in [-0.1, -0.05) is 59.7 Å². The molecule has 0 aliphatic carbocycles. The fraction of sp³-hybridized carbons (Fsp3) is 0.514. The van der Waals surface area contributed by atoms with E-state index in [4.69, 9.17) is 18.3 Å². The van der Waals surface area contributed by atoms with Crippen molar-refractivity contribution in [3.8, 4) is 0 Å². The van der Waals surface area contributed by atoms with Crippen LogP contribution in [-0.4, -0.2) is 43.5 Å². The Hall–Kier alpha value is -3.26. The first kappa shape index (κ1) is 37.2. The lowest BCUT2D eigenvalue weighted by Gasteiger charge is -2.36. The summed E-state index contributed by atoms with van der Waals surface area (Å²) < 4.78 is 24.0. The van der Waals surface area contributed by atoms with E-state index in [0.29, 0.717) is 24.6 Å². The first-order valence-electron chi connectivity index (χ1n) is 15.8. The van der Waals surface area contributed by atoms with Crippen molar-refractivity contribution in [2.45, 2.75) is 117 Å². The van der Waals surface area contributed by atoms with Crippen LogP contribution in [0.3, 0.4) is 0 Å². The first-order chi connectivity index (χ1) is 21.2. The number of carbonyl (C=O) groups excluding carboxylic acids is 2. The van der Waals surface area contributed by atoms with E-state index in [1.165, 1.54) is 12.1 Å². The summed E-state index contributed by atoms with van der Waals surface area (Å²) in [5, 5.41) is 0.169. The lowest BCUT2D eigenvalue weighted by Crippen LogP contribution is -2.40. The zero-order chi connectivity index (χ0) is 34.5. The Morgan fingerprint density at radius 3 is 1.30 bits per heavy atom. The number of esters is 2. The highest BCUT2D eigenvalue weighted by atomic mass is 28.4. The minimum Gasteiger partial charge on any atom is -0.451 e. The van der Waals surface area contributed by atoms with Gasteiger partial charge in [-0.25, -0.2) is 14.6 Å². The number of hydrogen-bond acceptors (Lipinski definition) is 9. The van der Waals surface area contributed by atoms with Gasteiger partial charge in [-0.3, -0.25) is 9.97 Å². The van der Waals surface area contributed by atoms with Gasteiger partial charge in [-0.15, -0.1) is 0 Å². The number of nitrogens with zero attached hydrogens (tertiary/aromatic N) is 3. The highest BCUT2D eigenvalue weighted by Gasteiger charge is 2.38. The molecule has 11 heteroatoms. The van der Waals surface area contributed by atoms with E-state index in [2.05, 4.69) is 82.7 Å². The molecule has 2 unspecified atom stereocenters. The average Bonchev–Trinajstić information content (AvgIpc) is 2.98. The maximum atomic E-state index is 13.0. The summed E-state index contributed by atoms with van der Waals surface area (Å²) in [4.78, 5) is 39.6. The van der Waals surface area contributed by atoms with Crippen LogP contribution in [0.25, 0.3) is 0 Å². The zero-order valence-electron chi connectivity index (χ0n) is 29.6. The maximum Gasteiger partial charge on any atom is 0.357 e. The summed E-state index contributed by atoms with van der Waals surface area (Å²) in [6.07, 6.45) is -1.28. The zero-order valence-corrected chi connectivity index (χ0v) is 31.6. The Labute approximate surface area is 276 Å². The van der Waals surface area contributed by atoms with Gasteiger partial charge in [-0.05, 0) is 86.5 Å². The van der Waals surface area contributed by atoms with Crippen LogP contribution in [0.4, 0.5) is 0 Å². The molecule has 0 fully saturated rings. The number of rotatable bonds is 12. The van der Waals surface area contributed by atoms with Crippen molar-refractivity contribution < 1.29 is 27.9 Å². The molecule has 0 radical (unpaired) electrons. The molecule has 250 valence electrons. The summed E-state index contributed by atoms with van der Waals surface area (Å²) in [6.45, 7) is 26.2. The smallest absolute Gasteiger partial charge is 0.357 e. The van der Waals surface area contributed by atoms with Crippen LogP contribution in [0, 0.1) is 0 Å². The molecule has 46 heavy (non-hydrogen) atoms. The molecule has 2 atom stereocenters. The van der Waals surface area contributed by atoms with Crippen molar-refractivity contribution in [1.82, 2.24) is 15.0 Å².